The lowest BCUT2D eigenvalue weighted by Crippen LogP contribution is -2.14. The number of carboxylic acid groups (broad SMARTS) is 1. The zero-order chi connectivity index (χ0) is 13.9. The first-order valence-electron chi connectivity index (χ1n) is 5.18. The molecule has 0 aromatic heterocycles. The normalized spacial score (nSPS) is 10.3. The van der Waals surface area contributed by atoms with Crippen LogP contribution >= 0.6 is 11.6 Å². The summed E-state index contributed by atoms with van der Waals surface area (Å²) in [7, 11) is 1.43. The summed E-state index contributed by atoms with van der Waals surface area (Å²) in [6.07, 6.45) is -0.146. The van der Waals surface area contributed by atoms with Crippen molar-refractivity contribution in [2.24, 2.45) is 0 Å². The molecule has 0 aliphatic heterocycles. The maximum atomic E-state index is 11.4. The predicted molar refractivity (Wildman–Crippen MR) is 65.7 cm³/mol. The molecular formula is C12H13ClO5. The van der Waals surface area contributed by atoms with E-state index in [0.717, 1.165) is 0 Å². The van der Waals surface area contributed by atoms with Crippen LogP contribution in [0.2, 0.25) is 5.02 Å². The van der Waals surface area contributed by atoms with Crippen molar-refractivity contribution in [3.63, 3.8) is 0 Å². The Kier molecular flexibility index (Phi) is 4.55. The van der Waals surface area contributed by atoms with Crippen LogP contribution in [0, 0.1) is 0 Å². The van der Waals surface area contributed by atoms with Gasteiger partial charge in [-0.2, -0.15) is 0 Å². The van der Waals surface area contributed by atoms with Crippen molar-refractivity contribution in [1.29, 1.82) is 0 Å². The summed E-state index contributed by atoms with van der Waals surface area (Å²) in [5.74, 6) is -2.04. The van der Waals surface area contributed by atoms with Crippen LogP contribution < -0.4 is 9.47 Å². The SMILES string of the molecule is COc1cc(Cl)c(C(=O)C(=O)O)cc1OC(C)C. The van der Waals surface area contributed by atoms with E-state index >= 15 is 0 Å². The Morgan fingerprint density at radius 2 is 1.89 bits per heavy atom. The number of carbonyl (C=O) groups is 2. The van der Waals surface area contributed by atoms with Crippen LogP contribution in [0.5, 0.6) is 11.5 Å². The van der Waals surface area contributed by atoms with Gasteiger partial charge in [0.25, 0.3) is 5.78 Å². The molecule has 5 nitrogen and oxygen atoms in total. The third kappa shape index (κ3) is 3.13. The van der Waals surface area contributed by atoms with Gasteiger partial charge in [-0.3, -0.25) is 4.79 Å². The molecule has 0 saturated carbocycles. The first kappa shape index (κ1) is 14.3. The second-order valence-electron chi connectivity index (χ2n) is 3.78. The first-order valence-corrected chi connectivity index (χ1v) is 5.56. The van der Waals surface area contributed by atoms with E-state index in [2.05, 4.69) is 0 Å². The Balaban J connectivity index is 3.29. The van der Waals surface area contributed by atoms with Gasteiger partial charge < -0.3 is 14.6 Å². The number of hydrogen-bond donors (Lipinski definition) is 1. The average Bonchev–Trinajstić information content (AvgIpc) is 2.29. The highest BCUT2D eigenvalue weighted by atomic mass is 35.5. The molecule has 0 unspecified atom stereocenters. The topological polar surface area (TPSA) is 72.8 Å². The van der Waals surface area contributed by atoms with E-state index in [1.54, 1.807) is 13.8 Å². The quantitative estimate of drug-likeness (QED) is 0.658. The van der Waals surface area contributed by atoms with Crippen molar-refractivity contribution in [3.8, 4) is 11.5 Å². The second-order valence-corrected chi connectivity index (χ2v) is 4.19. The molecule has 1 aromatic rings. The fourth-order valence-corrected chi connectivity index (χ4v) is 1.57. The third-order valence-electron chi connectivity index (χ3n) is 2.05. The molecule has 18 heavy (non-hydrogen) atoms. The van der Waals surface area contributed by atoms with E-state index in [0.29, 0.717) is 5.75 Å². The van der Waals surface area contributed by atoms with Crippen LogP contribution in [0.1, 0.15) is 24.2 Å². The molecule has 0 aliphatic carbocycles. The molecule has 1 N–H and O–H groups in total. The number of halogens is 1. The standard InChI is InChI=1S/C12H13ClO5/c1-6(2)18-10-4-7(11(14)12(15)16)8(13)5-9(10)17-3/h4-6H,1-3H3,(H,15,16). The molecule has 0 radical (unpaired) electrons. The number of hydrogen-bond acceptors (Lipinski definition) is 4. The number of rotatable bonds is 5. The van der Waals surface area contributed by atoms with Gasteiger partial charge in [0.2, 0.25) is 0 Å². The van der Waals surface area contributed by atoms with Crippen LogP contribution in [0.3, 0.4) is 0 Å². The summed E-state index contributed by atoms with van der Waals surface area (Å²) in [4.78, 5) is 22.1. The molecule has 0 amide bonds. The minimum atomic E-state index is -1.57. The van der Waals surface area contributed by atoms with E-state index in [9.17, 15) is 9.59 Å². The molecule has 0 heterocycles. The van der Waals surface area contributed by atoms with Crippen molar-refractivity contribution < 1.29 is 24.2 Å². The van der Waals surface area contributed by atoms with Crippen molar-refractivity contribution in [2.75, 3.05) is 7.11 Å². The van der Waals surface area contributed by atoms with E-state index < -0.39 is 11.8 Å². The molecule has 0 spiro atoms. The molecular weight excluding hydrogens is 260 g/mol. The van der Waals surface area contributed by atoms with Crippen molar-refractivity contribution in [3.05, 3.63) is 22.7 Å². The number of ether oxygens (including phenoxy) is 2. The van der Waals surface area contributed by atoms with Gasteiger partial charge in [0.15, 0.2) is 11.5 Å². The lowest BCUT2D eigenvalue weighted by molar-refractivity contribution is -0.131. The summed E-state index contributed by atoms with van der Waals surface area (Å²) in [5.41, 5.74) is -0.124. The van der Waals surface area contributed by atoms with Gasteiger partial charge in [0.05, 0.1) is 23.8 Å². The third-order valence-corrected chi connectivity index (χ3v) is 2.37. The number of carboxylic acids is 1. The van der Waals surface area contributed by atoms with Crippen molar-refractivity contribution in [2.45, 2.75) is 20.0 Å². The molecule has 1 rings (SSSR count). The number of carbonyl (C=O) groups excluding carboxylic acids is 1. The molecule has 0 saturated heterocycles. The van der Waals surface area contributed by atoms with Crippen LogP contribution in [-0.4, -0.2) is 30.1 Å². The first-order chi connectivity index (χ1) is 8.36. The number of Topliss-reactive ketones (excluding diaryl/α,β-unsaturated/α-hetero) is 1. The Morgan fingerprint density at radius 3 is 2.33 bits per heavy atom. The number of benzene rings is 1. The molecule has 0 atom stereocenters. The Hall–Kier alpha value is -1.75. The minimum Gasteiger partial charge on any atom is -0.493 e. The zero-order valence-corrected chi connectivity index (χ0v) is 10.9. The van der Waals surface area contributed by atoms with E-state index in [-0.39, 0.29) is 22.4 Å². The van der Waals surface area contributed by atoms with Gasteiger partial charge in [-0.05, 0) is 19.9 Å². The summed E-state index contributed by atoms with van der Waals surface area (Å²) in [5, 5.41) is 8.69. The van der Waals surface area contributed by atoms with Crippen LogP contribution in [0.25, 0.3) is 0 Å². The fourth-order valence-electron chi connectivity index (χ4n) is 1.33. The zero-order valence-electron chi connectivity index (χ0n) is 10.2. The van der Waals surface area contributed by atoms with E-state index in [1.807, 2.05) is 0 Å². The van der Waals surface area contributed by atoms with Gasteiger partial charge in [-0.15, -0.1) is 0 Å². The predicted octanol–water partition coefficient (Wildman–Crippen LogP) is 2.40. The summed E-state index contributed by atoms with van der Waals surface area (Å²) in [6, 6.07) is 2.63. The van der Waals surface area contributed by atoms with Crippen LogP contribution in [0.15, 0.2) is 12.1 Å². The van der Waals surface area contributed by atoms with Crippen LogP contribution in [-0.2, 0) is 4.79 Å². The minimum absolute atomic E-state index is 0.00959. The molecule has 1 aromatic carbocycles. The highest BCUT2D eigenvalue weighted by Crippen LogP contribution is 2.34. The summed E-state index contributed by atoms with van der Waals surface area (Å²) >= 11 is 5.84. The number of aliphatic carboxylic acids is 1. The average molecular weight is 273 g/mol. The second kappa shape index (κ2) is 5.73. The fraction of sp³-hybridized carbons (Fsp3) is 0.333. The summed E-state index contributed by atoms with van der Waals surface area (Å²) < 4.78 is 10.5. The van der Waals surface area contributed by atoms with Gasteiger partial charge in [-0.1, -0.05) is 11.6 Å². The molecule has 98 valence electrons. The molecule has 6 heteroatoms. The van der Waals surface area contributed by atoms with Gasteiger partial charge in [0, 0.05) is 6.07 Å². The molecule has 0 bridgehead atoms. The lowest BCUT2D eigenvalue weighted by Gasteiger charge is -2.15. The molecule has 0 fully saturated rings. The highest BCUT2D eigenvalue weighted by Gasteiger charge is 2.21. The maximum absolute atomic E-state index is 11.4. The van der Waals surface area contributed by atoms with Gasteiger partial charge in [0.1, 0.15) is 0 Å². The number of ketones is 1. The van der Waals surface area contributed by atoms with E-state index in [4.69, 9.17) is 26.2 Å². The Morgan fingerprint density at radius 1 is 1.28 bits per heavy atom. The van der Waals surface area contributed by atoms with E-state index in [1.165, 1.54) is 19.2 Å². The maximum Gasteiger partial charge on any atom is 0.377 e. The van der Waals surface area contributed by atoms with Crippen molar-refractivity contribution in [1.82, 2.24) is 0 Å². The Bertz CT molecular complexity index is 482. The van der Waals surface area contributed by atoms with Crippen molar-refractivity contribution >= 4 is 23.4 Å². The highest BCUT2D eigenvalue weighted by molar-refractivity contribution is 6.45. The van der Waals surface area contributed by atoms with Gasteiger partial charge >= 0.3 is 5.97 Å². The largest absolute Gasteiger partial charge is 0.493 e. The molecule has 0 aliphatic rings. The Labute approximate surface area is 109 Å². The van der Waals surface area contributed by atoms with Crippen LogP contribution in [0.4, 0.5) is 0 Å². The summed E-state index contributed by atoms with van der Waals surface area (Å²) in [6.45, 7) is 3.60. The lowest BCUT2D eigenvalue weighted by atomic mass is 10.1. The monoisotopic (exact) mass is 272 g/mol. The smallest absolute Gasteiger partial charge is 0.377 e. The van der Waals surface area contributed by atoms with Gasteiger partial charge in [-0.25, -0.2) is 4.79 Å². The number of methoxy groups -OCH3 is 1.